The molecular formula is C37H57NO2. The maximum atomic E-state index is 11.1. The predicted molar refractivity (Wildman–Crippen MR) is 165 cm³/mol. The lowest BCUT2D eigenvalue weighted by Crippen LogP contribution is -2.67. The van der Waals surface area contributed by atoms with Gasteiger partial charge in [-0.2, -0.15) is 0 Å². The first-order valence-electron chi connectivity index (χ1n) is 16.6. The smallest absolute Gasteiger partial charge is 0.0618 e. The van der Waals surface area contributed by atoms with Gasteiger partial charge >= 0.3 is 0 Å². The molecule has 5 fully saturated rings. The molecule has 0 saturated heterocycles. The molecule has 3 nitrogen and oxygen atoms in total. The fourth-order valence-corrected chi connectivity index (χ4v) is 12.7. The van der Waals surface area contributed by atoms with Crippen molar-refractivity contribution in [1.82, 2.24) is 5.32 Å². The van der Waals surface area contributed by atoms with E-state index in [2.05, 4.69) is 76.8 Å². The van der Waals surface area contributed by atoms with Crippen LogP contribution in [-0.2, 0) is 6.54 Å². The largest absolute Gasteiger partial charge is 0.396 e. The lowest BCUT2D eigenvalue weighted by molar-refractivity contribution is -0.253. The summed E-state index contributed by atoms with van der Waals surface area (Å²) in [7, 11) is 0. The van der Waals surface area contributed by atoms with Gasteiger partial charge in [-0.05, 0) is 128 Å². The summed E-state index contributed by atoms with van der Waals surface area (Å²) >= 11 is 0. The monoisotopic (exact) mass is 547 g/mol. The Morgan fingerprint density at radius 3 is 2.33 bits per heavy atom. The number of fused-ring (bicyclic) bond motifs is 7. The number of aliphatic hydroxyl groups is 2. The van der Waals surface area contributed by atoms with Gasteiger partial charge < -0.3 is 15.5 Å². The molecule has 0 amide bonds. The third-order valence-electron chi connectivity index (χ3n) is 15.0. The van der Waals surface area contributed by atoms with E-state index in [-0.39, 0.29) is 23.5 Å². The molecule has 0 radical (unpaired) electrons. The van der Waals surface area contributed by atoms with Crippen molar-refractivity contribution in [3.63, 3.8) is 0 Å². The minimum Gasteiger partial charge on any atom is -0.396 e. The molecule has 0 aliphatic heterocycles. The highest BCUT2D eigenvalue weighted by molar-refractivity contribution is 5.22. The summed E-state index contributed by atoms with van der Waals surface area (Å²) in [5, 5.41) is 25.6. The van der Waals surface area contributed by atoms with E-state index in [1.165, 1.54) is 56.1 Å². The fraction of sp³-hybridized carbons (Fsp3) is 0.784. The first-order chi connectivity index (χ1) is 19.0. The Labute approximate surface area is 244 Å². The average molecular weight is 548 g/mol. The molecule has 40 heavy (non-hydrogen) atoms. The van der Waals surface area contributed by atoms with Crippen molar-refractivity contribution >= 4 is 0 Å². The second kappa shape index (κ2) is 9.95. The summed E-state index contributed by atoms with van der Waals surface area (Å²) in [6, 6.07) is 10.9. The van der Waals surface area contributed by atoms with E-state index < -0.39 is 0 Å². The zero-order valence-electron chi connectivity index (χ0n) is 26.1. The van der Waals surface area contributed by atoms with Gasteiger partial charge in [-0.15, -0.1) is 0 Å². The van der Waals surface area contributed by atoms with Crippen LogP contribution in [0.2, 0.25) is 0 Å². The van der Waals surface area contributed by atoms with Crippen molar-refractivity contribution < 1.29 is 10.2 Å². The molecule has 1 aromatic rings. The molecule has 6 rings (SSSR count). The van der Waals surface area contributed by atoms with Gasteiger partial charge in [0.05, 0.1) is 12.7 Å². The summed E-state index contributed by atoms with van der Waals surface area (Å²) < 4.78 is 0. The molecule has 3 unspecified atom stereocenters. The van der Waals surface area contributed by atoms with Gasteiger partial charge in [0, 0.05) is 18.5 Å². The molecule has 5 saturated carbocycles. The summed E-state index contributed by atoms with van der Waals surface area (Å²) in [4.78, 5) is 0. The second-order valence-electron chi connectivity index (χ2n) is 16.4. The number of nitrogens with one attached hydrogen (secondary N) is 1. The molecule has 0 bridgehead atoms. The van der Waals surface area contributed by atoms with Crippen LogP contribution in [0.4, 0.5) is 0 Å². The molecule has 0 spiro atoms. The highest BCUT2D eigenvalue weighted by Crippen LogP contribution is 2.77. The molecule has 11 atom stereocenters. The lowest BCUT2D eigenvalue weighted by atomic mass is 9.32. The van der Waals surface area contributed by atoms with Gasteiger partial charge in [0.1, 0.15) is 0 Å². The number of benzene rings is 1. The van der Waals surface area contributed by atoms with Crippen LogP contribution in [0.1, 0.15) is 104 Å². The van der Waals surface area contributed by atoms with E-state index in [0.29, 0.717) is 34.0 Å². The Kier molecular flexibility index (Phi) is 7.20. The van der Waals surface area contributed by atoms with Crippen LogP contribution in [-0.4, -0.2) is 29.5 Å². The van der Waals surface area contributed by atoms with Crippen LogP contribution >= 0.6 is 0 Å². The molecule has 3 N–H and O–H groups in total. The van der Waals surface area contributed by atoms with Crippen molar-refractivity contribution in [3.05, 3.63) is 48.0 Å². The molecule has 3 heteroatoms. The van der Waals surface area contributed by atoms with Crippen LogP contribution in [0.3, 0.4) is 0 Å². The maximum Gasteiger partial charge on any atom is 0.0618 e. The van der Waals surface area contributed by atoms with Gasteiger partial charge in [0.15, 0.2) is 0 Å². The summed E-state index contributed by atoms with van der Waals surface area (Å²) in [5.41, 5.74) is 3.67. The average Bonchev–Trinajstić information content (AvgIpc) is 3.32. The summed E-state index contributed by atoms with van der Waals surface area (Å²) in [6.07, 6.45) is 12.0. The van der Waals surface area contributed by atoms with E-state index in [9.17, 15) is 10.2 Å². The Morgan fingerprint density at radius 1 is 0.875 bits per heavy atom. The van der Waals surface area contributed by atoms with Crippen LogP contribution in [0.5, 0.6) is 0 Å². The van der Waals surface area contributed by atoms with E-state index in [0.717, 1.165) is 44.2 Å². The standard InChI is InChI=1S/C37H57NO2/c1-25(2)27-14-19-37(23-38-22-26-10-8-7-9-11-26)21-20-35(5)28(32(27)37)12-13-30-33(3)17-16-31(40)34(4,24-39)29(33)15-18-36(30,35)6/h7-11,27-32,38-40H,1,12-24H2,2-6H3/t27-,28?,29+,30?,31-,32?,33-,34-,35+,36+,37+/m0/s1. The molecular weight excluding hydrogens is 490 g/mol. The minimum absolute atomic E-state index is 0.110. The van der Waals surface area contributed by atoms with Crippen LogP contribution in [0.15, 0.2) is 42.5 Å². The third kappa shape index (κ3) is 3.92. The molecule has 1 aromatic carbocycles. The summed E-state index contributed by atoms with van der Waals surface area (Å²) in [5.74, 6) is 3.21. The van der Waals surface area contributed by atoms with Gasteiger partial charge in [0.2, 0.25) is 0 Å². The summed E-state index contributed by atoms with van der Waals surface area (Å²) in [6.45, 7) is 19.3. The van der Waals surface area contributed by atoms with Crippen molar-refractivity contribution in [3.8, 4) is 0 Å². The quantitative estimate of drug-likeness (QED) is 0.319. The predicted octanol–water partition coefficient (Wildman–Crippen LogP) is 7.77. The van der Waals surface area contributed by atoms with Gasteiger partial charge in [0.25, 0.3) is 0 Å². The molecule has 0 aromatic heterocycles. The SMILES string of the molecule is C=C(C)[C@@H]1CC[C@]2(CNCc3ccccc3)CC[C@]3(C)C(CCC4[C@@]5(C)CC[C@H](O)[C@@](C)(CO)[C@@H]5CC[C@]43C)C12. The molecule has 0 heterocycles. The Balaban J connectivity index is 1.31. The van der Waals surface area contributed by atoms with Crippen LogP contribution < -0.4 is 5.32 Å². The molecule has 5 aliphatic carbocycles. The number of hydrogen-bond acceptors (Lipinski definition) is 3. The van der Waals surface area contributed by atoms with Gasteiger partial charge in [-0.3, -0.25) is 0 Å². The zero-order chi connectivity index (χ0) is 28.6. The van der Waals surface area contributed by atoms with Crippen molar-refractivity contribution in [2.45, 2.75) is 111 Å². The van der Waals surface area contributed by atoms with Gasteiger partial charge in [-0.25, -0.2) is 0 Å². The molecule has 222 valence electrons. The van der Waals surface area contributed by atoms with Gasteiger partial charge in [-0.1, -0.05) is 70.2 Å². The maximum absolute atomic E-state index is 11.1. The van der Waals surface area contributed by atoms with Crippen LogP contribution in [0, 0.1) is 56.7 Å². The van der Waals surface area contributed by atoms with E-state index in [4.69, 9.17) is 0 Å². The van der Waals surface area contributed by atoms with Crippen molar-refractivity contribution in [1.29, 1.82) is 0 Å². The number of aliphatic hydroxyl groups excluding tert-OH is 2. The van der Waals surface area contributed by atoms with E-state index >= 15 is 0 Å². The number of allylic oxidation sites excluding steroid dienone is 1. The lowest BCUT2D eigenvalue weighted by Gasteiger charge is -2.73. The number of rotatable bonds is 6. The van der Waals surface area contributed by atoms with Crippen molar-refractivity contribution in [2.75, 3.05) is 13.2 Å². The highest BCUT2D eigenvalue weighted by Gasteiger charge is 2.71. The van der Waals surface area contributed by atoms with E-state index in [1.807, 2.05) is 0 Å². The van der Waals surface area contributed by atoms with E-state index in [1.54, 1.807) is 0 Å². The highest BCUT2D eigenvalue weighted by atomic mass is 16.3. The first kappa shape index (κ1) is 28.9. The van der Waals surface area contributed by atoms with Crippen LogP contribution in [0.25, 0.3) is 0 Å². The topological polar surface area (TPSA) is 52.5 Å². The second-order valence-corrected chi connectivity index (χ2v) is 16.4. The number of hydrogen-bond donors (Lipinski definition) is 3. The Morgan fingerprint density at radius 2 is 1.62 bits per heavy atom. The fourth-order valence-electron chi connectivity index (χ4n) is 12.7. The Bertz CT molecular complexity index is 1100. The minimum atomic E-state index is -0.375. The molecule has 5 aliphatic rings. The normalized spacial score (nSPS) is 49.9. The third-order valence-corrected chi connectivity index (χ3v) is 15.0. The Hall–Kier alpha value is -1.16. The van der Waals surface area contributed by atoms with Crippen molar-refractivity contribution in [2.24, 2.45) is 56.7 Å². The first-order valence-corrected chi connectivity index (χ1v) is 16.6. The zero-order valence-corrected chi connectivity index (χ0v) is 26.1.